The van der Waals surface area contributed by atoms with Crippen LogP contribution in [0.2, 0.25) is 0 Å². The molecule has 0 radical (unpaired) electrons. The molecule has 2 rings (SSSR count). The summed E-state index contributed by atoms with van der Waals surface area (Å²) in [6, 6.07) is 11.7. The van der Waals surface area contributed by atoms with Crippen molar-refractivity contribution in [2.45, 2.75) is 25.7 Å². The first-order valence-corrected chi connectivity index (χ1v) is 10.5. The van der Waals surface area contributed by atoms with Crippen LogP contribution in [0.5, 0.6) is 23.0 Å². The predicted octanol–water partition coefficient (Wildman–Crippen LogP) is 2.99. The van der Waals surface area contributed by atoms with Gasteiger partial charge in [-0.2, -0.15) is 0 Å². The van der Waals surface area contributed by atoms with Crippen LogP contribution >= 0.6 is 0 Å². The van der Waals surface area contributed by atoms with E-state index in [1.165, 1.54) is 5.56 Å². The van der Waals surface area contributed by atoms with E-state index < -0.39 is 0 Å². The van der Waals surface area contributed by atoms with Crippen LogP contribution in [0.3, 0.4) is 0 Å². The Balaban J connectivity index is 1.58. The number of nitrogens with one attached hydrogen (secondary N) is 2. The Morgan fingerprint density at radius 3 is 1.74 bits per heavy atom. The van der Waals surface area contributed by atoms with E-state index in [0.29, 0.717) is 24.5 Å². The highest BCUT2D eigenvalue weighted by molar-refractivity contribution is 5.75. The van der Waals surface area contributed by atoms with Crippen LogP contribution in [-0.2, 0) is 17.6 Å². The summed E-state index contributed by atoms with van der Waals surface area (Å²) in [4.78, 5) is 12.0. The third-order valence-corrected chi connectivity index (χ3v) is 4.98. The highest BCUT2D eigenvalue weighted by atomic mass is 16.5. The summed E-state index contributed by atoms with van der Waals surface area (Å²) < 4.78 is 21.1. The normalized spacial score (nSPS) is 10.5. The summed E-state index contributed by atoms with van der Waals surface area (Å²) in [7, 11) is 6.50. The first kappa shape index (κ1) is 24.3. The lowest BCUT2D eigenvalue weighted by molar-refractivity contribution is -0.121. The minimum absolute atomic E-state index is 0.0715. The van der Waals surface area contributed by atoms with Crippen molar-refractivity contribution in [3.63, 3.8) is 0 Å². The molecule has 0 fully saturated rings. The fraction of sp³-hybridized carbons (Fsp3) is 0.458. The minimum Gasteiger partial charge on any atom is -0.493 e. The summed E-state index contributed by atoms with van der Waals surface area (Å²) >= 11 is 0. The van der Waals surface area contributed by atoms with E-state index in [1.807, 2.05) is 36.4 Å². The van der Waals surface area contributed by atoms with E-state index in [-0.39, 0.29) is 5.91 Å². The van der Waals surface area contributed by atoms with Crippen LogP contribution < -0.4 is 29.6 Å². The molecule has 0 aliphatic carbocycles. The van der Waals surface area contributed by atoms with E-state index in [0.717, 1.165) is 49.4 Å². The van der Waals surface area contributed by atoms with E-state index in [9.17, 15) is 4.79 Å². The fourth-order valence-corrected chi connectivity index (χ4v) is 3.24. The third kappa shape index (κ3) is 8.02. The zero-order chi connectivity index (χ0) is 22.5. The maximum Gasteiger partial charge on any atom is 0.220 e. The van der Waals surface area contributed by atoms with E-state index in [2.05, 4.69) is 10.6 Å². The number of ether oxygens (including phenoxy) is 4. The van der Waals surface area contributed by atoms with E-state index in [4.69, 9.17) is 18.9 Å². The van der Waals surface area contributed by atoms with Crippen molar-refractivity contribution in [1.29, 1.82) is 0 Å². The molecule has 0 aliphatic heterocycles. The molecular weight excluding hydrogens is 396 g/mol. The zero-order valence-corrected chi connectivity index (χ0v) is 19.0. The van der Waals surface area contributed by atoms with Gasteiger partial charge in [-0.05, 0) is 67.7 Å². The molecule has 7 heteroatoms. The van der Waals surface area contributed by atoms with E-state index >= 15 is 0 Å². The molecule has 0 aromatic heterocycles. The van der Waals surface area contributed by atoms with Gasteiger partial charge in [0.2, 0.25) is 5.91 Å². The van der Waals surface area contributed by atoms with Crippen molar-refractivity contribution in [3.8, 4) is 23.0 Å². The summed E-state index contributed by atoms with van der Waals surface area (Å²) in [5.74, 6) is 2.95. The number of amides is 1. The second-order valence-electron chi connectivity index (χ2n) is 7.08. The summed E-state index contributed by atoms with van der Waals surface area (Å²) in [5.41, 5.74) is 2.27. The van der Waals surface area contributed by atoms with Crippen LogP contribution in [0.1, 0.15) is 24.0 Å². The molecule has 0 aliphatic rings. The lowest BCUT2D eigenvalue weighted by Crippen LogP contribution is -2.27. The molecule has 1 amide bonds. The van der Waals surface area contributed by atoms with Crippen molar-refractivity contribution < 1.29 is 23.7 Å². The maximum absolute atomic E-state index is 12.0. The highest BCUT2D eigenvalue weighted by Gasteiger charge is 2.06. The summed E-state index contributed by atoms with van der Waals surface area (Å²) in [6.07, 6.45) is 2.94. The number of carbonyl (C=O) groups excluding carboxylic acids is 1. The van der Waals surface area contributed by atoms with Crippen LogP contribution in [-0.4, -0.2) is 54.0 Å². The zero-order valence-electron chi connectivity index (χ0n) is 19.0. The molecular formula is C24H34N2O5. The van der Waals surface area contributed by atoms with Crippen LogP contribution in [0, 0.1) is 0 Å². The third-order valence-electron chi connectivity index (χ3n) is 4.98. The van der Waals surface area contributed by atoms with Gasteiger partial charge in [0, 0.05) is 13.0 Å². The van der Waals surface area contributed by atoms with Gasteiger partial charge in [0.15, 0.2) is 23.0 Å². The van der Waals surface area contributed by atoms with Crippen molar-refractivity contribution in [2.75, 3.05) is 48.1 Å². The highest BCUT2D eigenvalue weighted by Crippen LogP contribution is 2.28. The second-order valence-corrected chi connectivity index (χ2v) is 7.08. The van der Waals surface area contributed by atoms with Crippen molar-refractivity contribution >= 4 is 5.91 Å². The smallest absolute Gasteiger partial charge is 0.220 e. The van der Waals surface area contributed by atoms with Gasteiger partial charge in [-0.3, -0.25) is 4.79 Å². The average Bonchev–Trinajstić information content (AvgIpc) is 2.80. The fourth-order valence-electron chi connectivity index (χ4n) is 3.24. The molecule has 0 unspecified atom stereocenters. The van der Waals surface area contributed by atoms with Crippen molar-refractivity contribution in [1.82, 2.24) is 10.6 Å². The second kappa shape index (κ2) is 13.4. The molecule has 0 saturated heterocycles. The monoisotopic (exact) mass is 430 g/mol. The molecule has 2 aromatic rings. The van der Waals surface area contributed by atoms with Gasteiger partial charge in [0.1, 0.15) is 0 Å². The van der Waals surface area contributed by atoms with Gasteiger partial charge in [-0.1, -0.05) is 12.1 Å². The number of rotatable bonds is 14. The largest absolute Gasteiger partial charge is 0.493 e. The Bertz CT molecular complexity index is 826. The number of carbonyl (C=O) groups is 1. The maximum atomic E-state index is 12.0. The molecule has 0 atom stereocenters. The molecule has 0 bridgehead atoms. The number of benzene rings is 2. The number of methoxy groups -OCH3 is 4. The standard InChI is InChI=1S/C24H34N2O5/c1-28-20-9-7-18(16-22(20)30-3)11-14-25-13-5-6-24(27)26-15-12-19-8-10-21(29-2)23(17-19)31-4/h7-10,16-17,25H,5-6,11-15H2,1-4H3,(H,26,27). The Hall–Kier alpha value is -2.93. The molecule has 31 heavy (non-hydrogen) atoms. The first-order valence-electron chi connectivity index (χ1n) is 10.5. The molecule has 7 nitrogen and oxygen atoms in total. The Kier molecular flexibility index (Phi) is 10.5. The van der Waals surface area contributed by atoms with Crippen LogP contribution in [0.4, 0.5) is 0 Å². The van der Waals surface area contributed by atoms with Gasteiger partial charge in [-0.25, -0.2) is 0 Å². The van der Waals surface area contributed by atoms with Gasteiger partial charge in [0.25, 0.3) is 0 Å². The Morgan fingerprint density at radius 2 is 1.23 bits per heavy atom. The SMILES string of the molecule is COc1ccc(CCNCCCC(=O)NCCc2ccc(OC)c(OC)c2)cc1OC. The quantitative estimate of drug-likeness (QED) is 0.449. The van der Waals surface area contributed by atoms with Crippen molar-refractivity contribution in [3.05, 3.63) is 47.5 Å². The van der Waals surface area contributed by atoms with Gasteiger partial charge >= 0.3 is 0 Å². The number of hydrogen-bond donors (Lipinski definition) is 2. The first-order chi connectivity index (χ1) is 15.1. The molecule has 2 N–H and O–H groups in total. The molecule has 0 spiro atoms. The topological polar surface area (TPSA) is 78.1 Å². The molecule has 2 aromatic carbocycles. The average molecular weight is 431 g/mol. The number of hydrogen-bond acceptors (Lipinski definition) is 6. The van der Waals surface area contributed by atoms with Gasteiger partial charge < -0.3 is 29.6 Å². The van der Waals surface area contributed by atoms with Gasteiger partial charge in [-0.15, -0.1) is 0 Å². The van der Waals surface area contributed by atoms with Crippen molar-refractivity contribution in [2.24, 2.45) is 0 Å². The summed E-state index contributed by atoms with van der Waals surface area (Å²) in [5, 5.41) is 6.36. The molecule has 170 valence electrons. The lowest BCUT2D eigenvalue weighted by Gasteiger charge is -2.11. The van der Waals surface area contributed by atoms with Gasteiger partial charge in [0.05, 0.1) is 28.4 Å². The lowest BCUT2D eigenvalue weighted by atomic mass is 10.1. The predicted molar refractivity (Wildman–Crippen MR) is 122 cm³/mol. The Labute approximate surface area is 185 Å². The van der Waals surface area contributed by atoms with Crippen LogP contribution in [0.25, 0.3) is 0 Å². The Morgan fingerprint density at radius 1 is 0.710 bits per heavy atom. The summed E-state index contributed by atoms with van der Waals surface area (Å²) in [6.45, 7) is 2.24. The van der Waals surface area contributed by atoms with E-state index in [1.54, 1.807) is 28.4 Å². The molecule has 0 heterocycles. The van der Waals surface area contributed by atoms with Crippen LogP contribution in [0.15, 0.2) is 36.4 Å². The molecule has 0 saturated carbocycles. The minimum atomic E-state index is 0.0715.